The minimum absolute atomic E-state index is 0.222. The van der Waals surface area contributed by atoms with Gasteiger partial charge in [-0.15, -0.1) is 0 Å². The fourth-order valence-corrected chi connectivity index (χ4v) is 2.59. The molecule has 0 bridgehead atoms. The first-order valence-corrected chi connectivity index (χ1v) is 6.98. The lowest BCUT2D eigenvalue weighted by Crippen LogP contribution is -2.20. The summed E-state index contributed by atoms with van der Waals surface area (Å²) in [7, 11) is 0. The lowest BCUT2D eigenvalue weighted by atomic mass is 10.0. The molecule has 0 spiro atoms. The fourth-order valence-electron chi connectivity index (χ4n) is 2.11. The van der Waals surface area contributed by atoms with Crippen LogP contribution in [0.4, 0.5) is 0 Å². The predicted molar refractivity (Wildman–Crippen MR) is 79.7 cm³/mol. The maximum atomic E-state index is 6.28. The van der Waals surface area contributed by atoms with Crippen molar-refractivity contribution in [3.63, 3.8) is 0 Å². The van der Waals surface area contributed by atoms with Crippen molar-refractivity contribution in [2.45, 2.75) is 32.4 Å². The molecule has 0 aliphatic rings. The van der Waals surface area contributed by atoms with E-state index in [0.29, 0.717) is 11.4 Å². The zero-order chi connectivity index (χ0) is 14.0. The van der Waals surface area contributed by atoms with E-state index in [9.17, 15) is 0 Å². The molecule has 0 fully saturated rings. The first-order valence-electron chi connectivity index (χ1n) is 6.22. The van der Waals surface area contributed by atoms with Gasteiger partial charge in [0, 0.05) is 11.1 Å². The van der Waals surface area contributed by atoms with Gasteiger partial charge in [-0.1, -0.05) is 41.4 Å². The van der Waals surface area contributed by atoms with Gasteiger partial charge in [-0.05, 0) is 31.9 Å². The highest BCUT2D eigenvalue weighted by molar-refractivity contribution is 6.31. The van der Waals surface area contributed by atoms with Gasteiger partial charge in [0.15, 0.2) is 0 Å². The number of rotatable bonds is 4. The lowest BCUT2D eigenvalue weighted by Gasteiger charge is -2.18. The molecule has 1 heterocycles. The molecule has 2 aromatic rings. The summed E-state index contributed by atoms with van der Waals surface area (Å²) in [4.78, 5) is 0. The molecule has 1 aromatic carbocycles. The Morgan fingerprint density at radius 1 is 1.21 bits per heavy atom. The van der Waals surface area contributed by atoms with Crippen molar-refractivity contribution in [1.82, 2.24) is 9.78 Å². The van der Waals surface area contributed by atoms with Crippen LogP contribution in [0.2, 0.25) is 10.0 Å². The summed E-state index contributed by atoms with van der Waals surface area (Å²) in [6, 6.07) is 7.70. The Bertz CT molecular complexity index is 564. The summed E-state index contributed by atoms with van der Waals surface area (Å²) in [6.07, 6.45) is 2.28. The molecule has 19 heavy (non-hydrogen) atoms. The Hall–Kier alpha value is -1.03. The quantitative estimate of drug-likeness (QED) is 0.926. The van der Waals surface area contributed by atoms with Crippen LogP contribution in [0.5, 0.6) is 0 Å². The van der Waals surface area contributed by atoms with E-state index in [0.717, 1.165) is 16.3 Å². The number of hydrogen-bond donors (Lipinski definition) is 1. The highest BCUT2D eigenvalue weighted by Crippen LogP contribution is 2.28. The molecule has 2 rings (SSSR count). The Morgan fingerprint density at radius 3 is 2.53 bits per heavy atom. The van der Waals surface area contributed by atoms with Gasteiger partial charge < -0.3 is 5.73 Å². The topological polar surface area (TPSA) is 43.8 Å². The third-order valence-electron chi connectivity index (χ3n) is 3.03. The van der Waals surface area contributed by atoms with Gasteiger partial charge in [-0.3, -0.25) is 4.68 Å². The van der Waals surface area contributed by atoms with Crippen LogP contribution in [0, 0.1) is 0 Å². The maximum absolute atomic E-state index is 6.28. The second kappa shape index (κ2) is 5.95. The largest absolute Gasteiger partial charge is 0.322 e. The Kier molecular flexibility index (Phi) is 4.50. The van der Waals surface area contributed by atoms with Crippen LogP contribution in [0.15, 0.2) is 30.5 Å². The molecular formula is C14H17Cl2N3. The van der Waals surface area contributed by atoms with Crippen molar-refractivity contribution < 1.29 is 0 Å². The van der Waals surface area contributed by atoms with Crippen LogP contribution < -0.4 is 5.73 Å². The number of nitrogens with zero attached hydrogens (tertiary/aromatic N) is 2. The van der Waals surface area contributed by atoms with Gasteiger partial charge in [0.1, 0.15) is 0 Å². The molecule has 3 nitrogen and oxygen atoms in total. The average Bonchev–Trinajstić information content (AvgIpc) is 2.74. The van der Waals surface area contributed by atoms with Gasteiger partial charge in [-0.25, -0.2) is 0 Å². The minimum atomic E-state index is -0.225. The summed E-state index contributed by atoms with van der Waals surface area (Å²) < 4.78 is 1.86. The molecule has 0 saturated heterocycles. The summed E-state index contributed by atoms with van der Waals surface area (Å²) in [5.41, 5.74) is 8.15. The van der Waals surface area contributed by atoms with Crippen molar-refractivity contribution in [1.29, 1.82) is 0 Å². The Labute approximate surface area is 123 Å². The summed E-state index contributed by atoms with van der Waals surface area (Å²) >= 11 is 12.4. The predicted octanol–water partition coefficient (Wildman–Crippen LogP) is 4.01. The normalized spacial score (nSPS) is 12.9. The fraction of sp³-hybridized carbons (Fsp3) is 0.357. The zero-order valence-corrected chi connectivity index (χ0v) is 12.5. The van der Waals surface area contributed by atoms with Crippen molar-refractivity contribution in [3.05, 3.63) is 51.8 Å². The molecule has 0 aliphatic heterocycles. The van der Waals surface area contributed by atoms with Crippen LogP contribution in [-0.2, 0) is 6.42 Å². The van der Waals surface area contributed by atoms with Crippen molar-refractivity contribution in [3.8, 4) is 0 Å². The monoisotopic (exact) mass is 297 g/mol. The van der Waals surface area contributed by atoms with Gasteiger partial charge in [0.05, 0.1) is 23.0 Å². The molecule has 1 aromatic heterocycles. The Balaban J connectivity index is 2.28. The molecule has 0 radical (unpaired) electrons. The molecule has 102 valence electrons. The molecule has 0 amide bonds. The molecule has 5 heteroatoms. The minimum Gasteiger partial charge on any atom is -0.322 e. The summed E-state index contributed by atoms with van der Waals surface area (Å²) in [5, 5.41) is 5.60. The van der Waals surface area contributed by atoms with Crippen LogP contribution >= 0.6 is 23.2 Å². The highest BCUT2D eigenvalue weighted by atomic mass is 35.5. The van der Waals surface area contributed by atoms with E-state index in [2.05, 4.69) is 18.9 Å². The third-order valence-corrected chi connectivity index (χ3v) is 3.68. The molecule has 1 unspecified atom stereocenters. The molecule has 1 atom stereocenters. The lowest BCUT2D eigenvalue weighted by molar-refractivity contribution is 0.485. The zero-order valence-electron chi connectivity index (χ0n) is 11.0. The summed E-state index contributed by atoms with van der Waals surface area (Å²) in [5.74, 6) is 0. The average molecular weight is 298 g/mol. The van der Waals surface area contributed by atoms with Crippen LogP contribution in [0.25, 0.3) is 0 Å². The van der Waals surface area contributed by atoms with E-state index in [1.54, 1.807) is 6.20 Å². The number of nitrogens with two attached hydrogens (primary N) is 1. The second-order valence-corrected chi connectivity index (χ2v) is 5.63. The smallest absolute Gasteiger partial charge is 0.0834 e. The highest BCUT2D eigenvalue weighted by Gasteiger charge is 2.19. The first kappa shape index (κ1) is 14.4. The van der Waals surface area contributed by atoms with E-state index in [1.807, 2.05) is 28.9 Å². The van der Waals surface area contributed by atoms with Crippen LogP contribution in [-0.4, -0.2) is 9.78 Å². The van der Waals surface area contributed by atoms with Gasteiger partial charge in [0.25, 0.3) is 0 Å². The number of halogens is 2. The first-order chi connectivity index (χ1) is 9.00. The van der Waals surface area contributed by atoms with Crippen molar-refractivity contribution in [2.24, 2.45) is 5.73 Å². The third kappa shape index (κ3) is 3.11. The molecule has 2 N–H and O–H groups in total. The second-order valence-electron chi connectivity index (χ2n) is 4.82. The number of aromatic nitrogens is 2. The van der Waals surface area contributed by atoms with Crippen molar-refractivity contribution >= 4 is 23.2 Å². The Morgan fingerprint density at radius 2 is 1.89 bits per heavy atom. The SMILES string of the molecule is CC(C)n1ncc(Cl)c1C(N)Cc1ccccc1Cl. The van der Waals surface area contributed by atoms with E-state index in [-0.39, 0.29) is 12.1 Å². The van der Waals surface area contributed by atoms with Crippen LogP contribution in [0.3, 0.4) is 0 Å². The number of benzene rings is 1. The van der Waals surface area contributed by atoms with Crippen LogP contribution in [0.1, 0.15) is 37.2 Å². The van der Waals surface area contributed by atoms with Gasteiger partial charge >= 0.3 is 0 Å². The van der Waals surface area contributed by atoms with Crippen molar-refractivity contribution in [2.75, 3.05) is 0 Å². The molecular weight excluding hydrogens is 281 g/mol. The van der Waals surface area contributed by atoms with E-state index >= 15 is 0 Å². The summed E-state index contributed by atoms with van der Waals surface area (Å²) in [6.45, 7) is 4.10. The van der Waals surface area contributed by atoms with Gasteiger partial charge in [0.2, 0.25) is 0 Å². The standard InChI is InChI=1S/C14H17Cl2N3/c1-9(2)19-14(12(16)8-18-19)13(17)7-10-5-3-4-6-11(10)15/h3-6,8-9,13H,7,17H2,1-2H3. The van der Waals surface area contributed by atoms with E-state index in [1.165, 1.54) is 0 Å². The molecule has 0 saturated carbocycles. The maximum Gasteiger partial charge on any atom is 0.0834 e. The van der Waals surface area contributed by atoms with Gasteiger partial charge in [-0.2, -0.15) is 5.10 Å². The number of hydrogen-bond acceptors (Lipinski definition) is 2. The van der Waals surface area contributed by atoms with E-state index < -0.39 is 0 Å². The van der Waals surface area contributed by atoms with E-state index in [4.69, 9.17) is 28.9 Å². The molecule has 0 aliphatic carbocycles.